The molecule has 5 nitrogen and oxygen atoms in total. The molecule has 0 radical (unpaired) electrons. The van der Waals surface area contributed by atoms with E-state index in [1.807, 2.05) is 35.7 Å². The molecule has 0 saturated heterocycles. The molecule has 1 unspecified atom stereocenters. The molecule has 0 saturated carbocycles. The van der Waals surface area contributed by atoms with Crippen molar-refractivity contribution in [2.45, 2.75) is 5.92 Å². The number of para-hydroxylation sites is 1. The van der Waals surface area contributed by atoms with Crippen molar-refractivity contribution in [3.8, 4) is 5.75 Å². The second kappa shape index (κ2) is 7.09. The summed E-state index contributed by atoms with van der Waals surface area (Å²) in [6, 6.07) is 13.1. The highest BCUT2D eigenvalue weighted by Crippen LogP contribution is 2.29. The molecular weight excluding hydrogens is 350 g/mol. The van der Waals surface area contributed by atoms with Gasteiger partial charge < -0.3 is 18.9 Å². The van der Waals surface area contributed by atoms with Crippen molar-refractivity contribution in [3.63, 3.8) is 0 Å². The highest BCUT2D eigenvalue weighted by Gasteiger charge is 2.20. The molecule has 1 amide bonds. The lowest BCUT2D eigenvalue weighted by molar-refractivity contribution is 0.0926. The van der Waals surface area contributed by atoms with Crippen LogP contribution in [0.3, 0.4) is 0 Å². The summed E-state index contributed by atoms with van der Waals surface area (Å²) in [6.45, 7) is 0.414. The van der Waals surface area contributed by atoms with E-state index in [0.717, 1.165) is 16.7 Å². The molecule has 0 aliphatic carbocycles. The molecule has 0 bridgehead atoms. The van der Waals surface area contributed by atoms with E-state index in [9.17, 15) is 4.79 Å². The maximum Gasteiger partial charge on any atom is 0.287 e. The van der Waals surface area contributed by atoms with E-state index in [0.29, 0.717) is 17.9 Å². The number of nitrogens with one attached hydrogen (secondary N) is 1. The Morgan fingerprint density at radius 1 is 1.27 bits per heavy atom. The van der Waals surface area contributed by atoms with Gasteiger partial charge in [-0.15, -0.1) is 0 Å². The number of hydrogen-bond acceptors (Lipinski definition) is 5. The van der Waals surface area contributed by atoms with Crippen molar-refractivity contribution < 1.29 is 18.4 Å². The van der Waals surface area contributed by atoms with E-state index in [2.05, 4.69) is 10.7 Å². The summed E-state index contributed by atoms with van der Waals surface area (Å²) in [5, 5.41) is 7.85. The Bertz CT molecular complexity index is 968. The number of benzene rings is 1. The van der Waals surface area contributed by atoms with Crippen LogP contribution in [0.2, 0.25) is 0 Å². The van der Waals surface area contributed by atoms with Gasteiger partial charge in [-0.3, -0.25) is 4.79 Å². The molecule has 0 aliphatic heterocycles. The highest BCUT2D eigenvalue weighted by molar-refractivity contribution is 7.08. The van der Waals surface area contributed by atoms with E-state index in [4.69, 9.17) is 13.6 Å². The number of hydrogen-bond donors (Lipinski definition) is 1. The fourth-order valence-electron chi connectivity index (χ4n) is 2.94. The number of methoxy groups -OCH3 is 1. The maximum atomic E-state index is 12.6. The topological polar surface area (TPSA) is 64.6 Å². The highest BCUT2D eigenvalue weighted by atomic mass is 32.1. The Labute approximate surface area is 154 Å². The van der Waals surface area contributed by atoms with Gasteiger partial charge in [0.2, 0.25) is 0 Å². The summed E-state index contributed by atoms with van der Waals surface area (Å²) in [7, 11) is 1.58. The monoisotopic (exact) mass is 367 g/mol. The molecule has 0 fully saturated rings. The second-order valence-electron chi connectivity index (χ2n) is 5.82. The Hall–Kier alpha value is -2.99. The van der Waals surface area contributed by atoms with Gasteiger partial charge in [-0.2, -0.15) is 11.3 Å². The van der Waals surface area contributed by atoms with Gasteiger partial charge in [0.05, 0.1) is 19.3 Å². The van der Waals surface area contributed by atoms with Crippen LogP contribution in [0.5, 0.6) is 5.75 Å². The first-order valence-corrected chi connectivity index (χ1v) is 9.11. The Balaban J connectivity index is 1.54. The minimum absolute atomic E-state index is 0.0425. The summed E-state index contributed by atoms with van der Waals surface area (Å²) in [4.78, 5) is 12.6. The van der Waals surface area contributed by atoms with Crippen LogP contribution in [0.15, 0.2) is 68.3 Å². The molecule has 0 spiro atoms. The largest absolute Gasteiger partial charge is 0.493 e. The van der Waals surface area contributed by atoms with Crippen molar-refractivity contribution in [3.05, 3.63) is 76.6 Å². The Kier molecular flexibility index (Phi) is 4.50. The smallest absolute Gasteiger partial charge is 0.287 e. The molecule has 4 aromatic rings. The number of amides is 1. The molecule has 3 heterocycles. The first-order valence-electron chi connectivity index (χ1n) is 8.16. The standard InChI is InChI=1S/C20H17NO4S/c1-23-17-5-2-4-13-10-18(25-19(13)17)20(22)21-11-15(14-7-9-26-12-14)16-6-3-8-24-16/h2-10,12,15H,11H2,1H3,(H,21,22). The van der Waals surface area contributed by atoms with Gasteiger partial charge in [0.15, 0.2) is 17.1 Å². The van der Waals surface area contributed by atoms with Gasteiger partial charge >= 0.3 is 0 Å². The minimum Gasteiger partial charge on any atom is -0.493 e. The fourth-order valence-corrected chi connectivity index (χ4v) is 3.65. The summed E-state index contributed by atoms with van der Waals surface area (Å²) in [5.74, 6) is 1.37. The third-order valence-electron chi connectivity index (χ3n) is 4.25. The van der Waals surface area contributed by atoms with Crippen molar-refractivity contribution >= 4 is 28.2 Å². The van der Waals surface area contributed by atoms with Gasteiger partial charge in [-0.25, -0.2) is 0 Å². The predicted molar refractivity (Wildman–Crippen MR) is 100.0 cm³/mol. The van der Waals surface area contributed by atoms with Gasteiger partial charge in [-0.05, 0) is 46.7 Å². The first kappa shape index (κ1) is 16.5. The van der Waals surface area contributed by atoms with Crippen LogP contribution in [0.1, 0.15) is 27.8 Å². The van der Waals surface area contributed by atoms with E-state index in [1.54, 1.807) is 36.8 Å². The average Bonchev–Trinajstić information content (AvgIpc) is 3.41. The SMILES string of the molecule is COc1cccc2cc(C(=O)NCC(c3ccsc3)c3ccco3)oc12. The summed E-state index contributed by atoms with van der Waals surface area (Å²) < 4.78 is 16.5. The molecular formula is C20H17NO4S. The lowest BCUT2D eigenvalue weighted by atomic mass is 9.99. The van der Waals surface area contributed by atoms with Crippen LogP contribution in [-0.4, -0.2) is 19.6 Å². The van der Waals surface area contributed by atoms with Gasteiger partial charge in [0, 0.05) is 11.9 Å². The second-order valence-corrected chi connectivity index (χ2v) is 6.60. The van der Waals surface area contributed by atoms with Crippen LogP contribution in [-0.2, 0) is 0 Å². The van der Waals surface area contributed by atoms with E-state index >= 15 is 0 Å². The van der Waals surface area contributed by atoms with Crippen LogP contribution in [0.25, 0.3) is 11.0 Å². The van der Waals surface area contributed by atoms with Crippen LogP contribution >= 0.6 is 11.3 Å². The van der Waals surface area contributed by atoms with E-state index in [1.165, 1.54) is 0 Å². The quantitative estimate of drug-likeness (QED) is 0.538. The van der Waals surface area contributed by atoms with Crippen LogP contribution in [0.4, 0.5) is 0 Å². The number of rotatable bonds is 6. The number of thiophene rings is 1. The third-order valence-corrected chi connectivity index (χ3v) is 4.95. The molecule has 1 aromatic carbocycles. The van der Waals surface area contributed by atoms with Crippen molar-refractivity contribution in [2.75, 3.05) is 13.7 Å². The zero-order valence-corrected chi connectivity index (χ0v) is 14.9. The third kappa shape index (κ3) is 3.11. The zero-order chi connectivity index (χ0) is 17.9. The molecule has 3 aromatic heterocycles. The predicted octanol–water partition coefficient (Wildman–Crippen LogP) is 4.66. The van der Waals surface area contributed by atoms with Crippen molar-refractivity contribution in [1.82, 2.24) is 5.32 Å². The lowest BCUT2D eigenvalue weighted by Gasteiger charge is -2.14. The number of carbonyl (C=O) groups is 1. The van der Waals surface area contributed by atoms with Crippen LogP contribution < -0.4 is 10.1 Å². The Morgan fingerprint density at radius 2 is 2.19 bits per heavy atom. The number of carbonyl (C=O) groups excluding carboxylic acids is 1. The normalized spacial score (nSPS) is 12.2. The van der Waals surface area contributed by atoms with Crippen LogP contribution in [0, 0.1) is 0 Å². The maximum absolute atomic E-state index is 12.6. The zero-order valence-electron chi connectivity index (χ0n) is 14.1. The van der Waals surface area contributed by atoms with Crippen molar-refractivity contribution in [2.24, 2.45) is 0 Å². The molecule has 0 aliphatic rings. The van der Waals surface area contributed by atoms with Gasteiger partial charge in [0.1, 0.15) is 5.76 Å². The Morgan fingerprint density at radius 3 is 2.92 bits per heavy atom. The first-order chi connectivity index (χ1) is 12.8. The minimum atomic E-state index is -0.268. The molecule has 1 N–H and O–H groups in total. The van der Waals surface area contributed by atoms with E-state index < -0.39 is 0 Å². The lowest BCUT2D eigenvalue weighted by Crippen LogP contribution is -2.28. The molecule has 26 heavy (non-hydrogen) atoms. The van der Waals surface area contributed by atoms with Gasteiger partial charge in [0.25, 0.3) is 5.91 Å². The number of fused-ring (bicyclic) bond motifs is 1. The number of ether oxygens (including phenoxy) is 1. The van der Waals surface area contributed by atoms with Gasteiger partial charge in [-0.1, -0.05) is 12.1 Å². The molecule has 6 heteroatoms. The summed E-state index contributed by atoms with van der Waals surface area (Å²) >= 11 is 1.62. The average molecular weight is 367 g/mol. The fraction of sp³-hybridized carbons (Fsp3) is 0.150. The number of furan rings is 2. The molecule has 4 rings (SSSR count). The summed E-state index contributed by atoms with van der Waals surface area (Å²) in [6.07, 6.45) is 1.64. The van der Waals surface area contributed by atoms with E-state index in [-0.39, 0.29) is 17.6 Å². The van der Waals surface area contributed by atoms with Crippen molar-refractivity contribution in [1.29, 1.82) is 0 Å². The molecule has 1 atom stereocenters. The summed E-state index contributed by atoms with van der Waals surface area (Å²) in [5.41, 5.74) is 1.68. The molecule has 132 valence electrons.